The first-order chi connectivity index (χ1) is 34.7. The zero-order valence-electron chi connectivity index (χ0n) is 48.7. The Bertz CT molecular complexity index is 2610. The van der Waals surface area contributed by atoms with Gasteiger partial charge in [0.05, 0.1) is 11.4 Å². The van der Waals surface area contributed by atoms with Crippen LogP contribution in [0.1, 0.15) is 192 Å². The number of carbonyl (C=O) groups is 3. The molecule has 0 aromatic heterocycles. The van der Waals surface area contributed by atoms with E-state index in [2.05, 4.69) is 138 Å². The molecule has 2 N–H and O–H groups in total. The summed E-state index contributed by atoms with van der Waals surface area (Å²) in [7, 11) is 0. The van der Waals surface area contributed by atoms with Gasteiger partial charge in [-0.2, -0.15) is 4.58 Å². The van der Waals surface area contributed by atoms with Gasteiger partial charge in [0.15, 0.2) is 5.78 Å². The summed E-state index contributed by atoms with van der Waals surface area (Å²) in [5.41, 5.74) is 7.00. The quantitative estimate of drug-likeness (QED) is 0.0687. The molecule has 0 spiro atoms. The van der Waals surface area contributed by atoms with Crippen LogP contribution in [0.2, 0.25) is 0 Å². The van der Waals surface area contributed by atoms with Crippen LogP contribution in [0.25, 0.3) is 5.57 Å². The molecule has 3 aromatic rings. The minimum atomic E-state index is -0.712. The second-order valence-corrected chi connectivity index (χ2v) is 25.4. The van der Waals surface area contributed by atoms with E-state index in [1.165, 1.54) is 11.1 Å². The SMILES string of the molecule is CCCCc1ccc(N(CCC(C)CC(C)(C)C)c2ccc(C3=C([O-])/C(=C4/C=CC(=[N+](CCC(C)CC(C)(C)C)c5ccc(CCCC)cc5)C=C4NC(=O)C(C)(C)CC)C3=O)c(NC(=O)C(C)(C)CC)c2)cc1. The van der Waals surface area contributed by atoms with Crippen LogP contribution < -0.4 is 20.6 Å². The van der Waals surface area contributed by atoms with Crippen molar-refractivity contribution >= 4 is 51.6 Å². The van der Waals surface area contributed by atoms with Gasteiger partial charge in [-0.05, 0) is 122 Å². The van der Waals surface area contributed by atoms with Gasteiger partial charge in [-0.3, -0.25) is 14.4 Å². The van der Waals surface area contributed by atoms with Crippen molar-refractivity contribution in [3.8, 4) is 0 Å². The van der Waals surface area contributed by atoms with E-state index in [1.807, 2.05) is 78.0 Å². The van der Waals surface area contributed by atoms with E-state index >= 15 is 0 Å². The minimum Gasteiger partial charge on any atom is -0.871 e. The summed E-state index contributed by atoms with van der Waals surface area (Å²) in [5.74, 6) is -0.304. The van der Waals surface area contributed by atoms with E-state index in [0.717, 1.165) is 100 Å². The Morgan fingerprint density at radius 2 is 1.16 bits per heavy atom. The van der Waals surface area contributed by atoms with Crippen molar-refractivity contribution in [2.75, 3.05) is 23.3 Å². The third-order valence-electron chi connectivity index (χ3n) is 15.3. The zero-order valence-corrected chi connectivity index (χ0v) is 48.7. The molecule has 2 atom stereocenters. The molecule has 0 saturated heterocycles. The predicted octanol–water partition coefficient (Wildman–Crippen LogP) is 15.6. The molecule has 5 rings (SSSR count). The Morgan fingerprint density at radius 3 is 1.68 bits per heavy atom. The van der Waals surface area contributed by atoms with Gasteiger partial charge in [0, 0.05) is 81.7 Å². The lowest BCUT2D eigenvalue weighted by atomic mass is 9.78. The van der Waals surface area contributed by atoms with Crippen LogP contribution in [0, 0.1) is 33.5 Å². The third kappa shape index (κ3) is 15.8. The number of Topliss-reactive ketones (excluding diaryl/α,β-unsaturated/α-hetero) is 1. The Hall–Kier alpha value is -5.50. The predicted molar refractivity (Wildman–Crippen MR) is 310 cm³/mol. The Kier molecular flexibility index (Phi) is 20.3. The van der Waals surface area contributed by atoms with Crippen molar-refractivity contribution in [3.05, 3.63) is 124 Å². The fraction of sp³-hybridized carbons (Fsp3) is 0.545. The van der Waals surface area contributed by atoms with Crippen molar-refractivity contribution in [1.29, 1.82) is 0 Å². The molecule has 3 aromatic carbocycles. The van der Waals surface area contributed by atoms with Crippen molar-refractivity contribution in [2.45, 2.75) is 188 Å². The van der Waals surface area contributed by atoms with Crippen LogP contribution in [0.3, 0.4) is 0 Å². The van der Waals surface area contributed by atoms with Crippen LogP contribution >= 0.6 is 0 Å². The maximum atomic E-state index is 14.9. The number of rotatable bonds is 24. The average Bonchev–Trinajstić information content (AvgIpc) is 3.33. The normalized spacial score (nSPS) is 16.9. The van der Waals surface area contributed by atoms with Gasteiger partial charge in [0.2, 0.25) is 23.2 Å². The molecule has 2 aliphatic carbocycles. The second-order valence-electron chi connectivity index (χ2n) is 25.4. The first kappa shape index (κ1) is 59.4. The lowest BCUT2D eigenvalue weighted by Gasteiger charge is -2.35. The molecule has 8 heteroatoms. The van der Waals surface area contributed by atoms with Gasteiger partial charge in [0.25, 0.3) is 0 Å². The Morgan fingerprint density at radius 1 is 0.649 bits per heavy atom. The van der Waals surface area contributed by atoms with Gasteiger partial charge >= 0.3 is 0 Å². The molecule has 0 heterocycles. The highest BCUT2D eigenvalue weighted by atomic mass is 16.3. The van der Waals surface area contributed by atoms with E-state index in [0.29, 0.717) is 47.2 Å². The highest BCUT2D eigenvalue weighted by Crippen LogP contribution is 2.44. The fourth-order valence-corrected chi connectivity index (χ4v) is 10.1. The number of carbonyl (C=O) groups excluding carboxylic acids is 3. The standard InChI is InChI=1S/C66H94N4O4/c1-17-21-23-47-25-29-49(30-26-47)69(39-37-45(5)43-63(7,8)9)51-33-35-53(55(41-51)67-61(73)65(13,14)19-3)57-59(71)58(60(57)72)54-36-34-52(42-56(54)68-62(74)66(15,16)20-4)70(40-38-46(6)44-64(10,11)12)50-31-27-48(28-32-50)24-22-18-2/h25-36,41-42,45-46H,17-24,37-40,43-44H2,1-16H3,(H2,67,68,71,72,73,74). The molecule has 0 fully saturated rings. The smallest absolute Gasteiger partial charge is 0.230 e. The molecule has 0 radical (unpaired) electrons. The average molecular weight is 1010 g/mol. The lowest BCUT2D eigenvalue weighted by Crippen LogP contribution is -2.39. The third-order valence-corrected chi connectivity index (χ3v) is 15.3. The number of ketones is 1. The maximum Gasteiger partial charge on any atom is 0.230 e. The van der Waals surface area contributed by atoms with E-state index in [-0.39, 0.29) is 33.8 Å². The number of allylic oxidation sites excluding steroid dienone is 5. The molecule has 402 valence electrons. The van der Waals surface area contributed by atoms with E-state index in [1.54, 1.807) is 0 Å². The molecule has 2 aliphatic rings. The van der Waals surface area contributed by atoms with Crippen molar-refractivity contribution < 1.29 is 24.1 Å². The highest BCUT2D eigenvalue weighted by molar-refractivity contribution is 6.40. The molecular weight excluding hydrogens is 913 g/mol. The lowest BCUT2D eigenvalue weighted by molar-refractivity contribution is -0.441. The number of unbranched alkanes of at least 4 members (excludes halogenated alkanes) is 2. The van der Waals surface area contributed by atoms with Gasteiger partial charge < -0.3 is 20.6 Å². The van der Waals surface area contributed by atoms with Gasteiger partial charge in [-0.1, -0.05) is 160 Å². The topological polar surface area (TPSA) is 105 Å². The number of amides is 2. The van der Waals surface area contributed by atoms with E-state index in [9.17, 15) is 19.5 Å². The summed E-state index contributed by atoms with van der Waals surface area (Å²) in [6.45, 7) is 35.8. The van der Waals surface area contributed by atoms with Crippen molar-refractivity contribution in [3.63, 3.8) is 0 Å². The highest BCUT2D eigenvalue weighted by Gasteiger charge is 2.37. The fourth-order valence-electron chi connectivity index (χ4n) is 10.1. The number of nitrogens with zero attached hydrogens (tertiary/aromatic N) is 2. The summed E-state index contributed by atoms with van der Waals surface area (Å²) < 4.78 is 2.30. The zero-order chi connectivity index (χ0) is 54.8. The largest absolute Gasteiger partial charge is 0.871 e. The molecule has 2 unspecified atom stereocenters. The van der Waals surface area contributed by atoms with Crippen LogP contribution in [0.15, 0.2) is 108 Å². The maximum absolute atomic E-state index is 14.9. The summed E-state index contributed by atoms with van der Waals surface area (Å²) in [6.07, 6.45) is 17.5. The molecule has 0 aliphatic heterocycles. The van der Waals surface area contributed by atoms with Crippen LogP contribution in [0.5, 0.6) is 0 Å². The molecule has 0 saturated carbocycles. The molecule has 2 amide bonds. The number of anilines is 3. The summed E-state index contributed by atoms with van der Waals surface area (Å²) in [6, 6.07) is 23.3. The Labute approximate surface area is 448 Å². The molecule has 8 nitrogen and oxygen atoms in total. The number of benzene rings is 3. The van der Waals surface area contributed by atoms with Gasteiger partial charge in [-0.25, -0.2) is 0 Å². The van der Waals surface area contributed by atoms with E-state index < -0.39 is 22.4 Å². The number of hydrogen-bond acceptors (Lipinski definition) is 5. The monoisotopic (exact) mass is 1010 g/mol. The molecule has 74 heavy (non-hydrogen) atoms. The number of hydrogen-bond donors (Lipinski definition) is 2. The second kappa shape index (κ2) is 25.4. The Balaban J connectivity index is 1.68. The van der Waals surface area contributed by atoms with Crippen LogP contribution in [-0.2, 0) is 27.2 Å². The van der Waals surface area contributed by atoms with E-state index in [4.69, 9.17) is 0 Å². The van der Waals surface area contributed by atoms with Crippen molar-refractivity contribution in [2.24, 2.45) is 33.5 Å². The molecule has 0 bridgehead atoms. The van der Waals surface area contributed by atoms with Crippen LogP contribution in [0.4, 0.5) is 22.7 Å². The number of aryl methyl sites for hydroxylation is 2. The summed E-state index contributed by atoms with van der Waals surface area (Å²) in [5, 5.41) is 21.3. The van der Waals surface area contributed by atoms with Gasteiger partial charge in [0.1, 0.15) is 6.54 Å². The first-order valence-electron chi connectivity index (χ1n) is 28.2. The summed E-state index contributed by atoms with van der Waals surface area (Å²) >= 11 is 0. The van der Waals surface area contributed by atoms with Crippen molar-refractivity contribution in [1.82, 2.24) is 5.32 Å². The number of nitrogens with one attached hydrogen (secondary N) is 2. The van der Waals surface area contributed by atoms with Gasteiger partial charge in [-0.15, -0.1) is 0 Å². The minimum absolute atomic E-state index is 0.0228. The molecular formula is C66H94N4O4. The summed E-state index contributed by atoms with van der Waals surface area (Å²) in [4.78, 5) is 45.4. The first-order valence-corrected chi connectivity index (χ1v) is 28.2. The van der Waals surface area contributed by atoms with Crippen LogP contribution in [-0.4, -0.2) is 41.0 Å².